The molecule has 0 amide bonds. The molecular formula is C13H22N2O3S. The maximum absolute atomic E-state index is 11.1. The lowest BCUT2D eigenvalue weighted by molar-refractivity contribution is 0.271. The van der Waals surface area contributed by atoms with Crippen LogP contribution in [-0.2, 0) is 16.6 Å². The van der Waals surface area contributed by atoms with E-state index in [0.717, 1.165) is 18.4 Å². The van der Waals surface area contributed by atoms with Crippen LogP contribution in [-0.4, -0.2) is 15.0 Å². The van der Waals surface area contributed by atoms with Gasteiger partial charge in [0.2, 0.25) is 5.09 Å². The van der Waals surface area contributed by atoms with Gasteiger partial charge in [-0.1, -0.05) is 19.8 Å². The lowest BCUT2D eigenvalue weighted by Crippen LogP contribution is -2.26. The van der Waals surface area contributed by atoms with Crippen molar-refractivity contribution in [3.05, 3.63) is 17.9 Å². The Labute approximate surface area is 114 Å². The molecule has 1 fully saturated rings. The molecule has 2 rings (SSSR count). The van der Waals surface area contributed by atoms with E-state index in [1.54, 1.807) is 6.07 Å². The topological polar surface area (TPSA) is 85.3 Å². The van der Waals surface area contributed by atoms with Crippen LogP contribution in [0, 0.1) is 11.8 Å². The average molecular weight is 286 g/mol. The van der Waals surface area contributed by atoms with E-state index in [1.807, 2.05) is 0 Å². The molecule has 6 heteroatoms. The molecule has 19 heavy (non-hydrogen) atoms. The first-order valence-electron chi connectivity index (χ1n) is 6.77. The summed E-state index contributed by atoms with van der Waals surface area (Å²) < 4.78 is 27.3. The predicted octanol–water partition coefficient (Wildman–Crippen LogP) is 1.84. The number of hydrogen-bond acceptors (Lipinski definition) is 4. The Balaban J connectivity index is 1.78. The van der Waals surface area contributed by atoms with E-state index in [2.05, 4.69) is 12.2 Å². The van der Waals surface area contributed by atoms with Crippen molar-refractivity contribution in [1.82, 2.24) is 5.32 Å². The molecule has 0 aliphatic heterocycles. The highest BCUT2D eigenvalue weighted by Crippen LogP contribution is 2.27. The van der Waals surface area contributed by atoms with Gasteiger partial charge in [-0.25, -0.2) is 13.6 Å². The highest BCUT2D eigenvalue weighted by atomic mass is 32.2. The molecule has 1 aliphatic carbocycles. The highest BCUT2D eigenvalue weighted by molar-refractivity contribution is 7.89. The normalized spacial score (nSPS) is 24.5. The van der Waals surface area contributed by atoms with Crippen LogP contribution < -0.4 is 10.5 Å². The van der Waals surface area contributed by atoms with Gasteiger partial charge < -0.3 is 9.73 Å². The van der Waals surface area contributed by atoms with Gasteiger partial charge in [0, 0.05) is 0 Å². The zero-order valence-corrected chi connectivity index (χ0v) is 12.1. The number of furan rings is 1. The van der Waals surface area contributed by atoms with Gasteiger partial charge in [0.1, 0.15) is 5.76 Å². The fraction of sp³-hybridized carbons (Fsp3) is 0.692. The van der Waals surface area contributed by atoms with Gasteiger partial charge in [-0.3, -0.25) is 0 Å². The van der Waals surface area contributed by atoms with Crippen molar-refractivity contribution in [1.29, 1.82) is 0 Å². The fourth-order valence-electron chi connectivity index (χ4n) is 2.75. The number of rotatable bonds is 5. The van der Waals surface area contributed by atoms with Crippen LogP contribution in [0.5, 0.6) is 0 Å². The Morgan fingerprint density at radius 3 is 2.84 bits per heavy atom. The van der Waals surface area contributed by atoms with Crippen molar-refractivity contribution in [3.8, 4) is 0 Å². The summed E-state index contributed by atoms with van der Waals surface area (Å²) in [6, 6.07) is 3.05. The number of sulfonamides is 1. The first-order valence-corrected chi connectivity index (χ1v) is 8.32. The largest absolute Gasteiger partial charge is 0.447 e. The SMILES string of the molecule is CC1CCCC(CNCc2ccc(S(N)(=O)=O)o2)C1. The van der Waals surface area contributed by atoms with Gasteiger partial charge in [-0.05, 0) is 43.4 Å². The molecule has 2 unspecified atom stereocenters. The molecular weight excluding hydrogens is 264 g/mol. The molecule has 0 bridgehead atoms. The third-order valence-electron chi connectivity index (χ3n) is 3.69. The fourth-order valence-corrected chi connectivity index (χ4v) is 3.23. The van der Waals surface area contributed by atoms with Crippen LogP contribution in [0.25, 0.3) is 0 Å². The van der Waals surface area contributed by atoms with Crippen molar-refractivity contribution in [3.63, 3.8) is 0 Å². The summed E-state index contributed by atoms with van der Waals surface area (Å²) in [7, 11) is -3.73. The molecule has 2 atom stereocenters. The Kier molecular flexibility index (Phi) is 4.65. The Morgan fingerprint density at radius 2 is 2.21 bits per heavy atom. The first-order chi connectivity index (χ1) is 8.95. The summed E-state index contributed by atoms with van der Waals surface area (Å²) in [5.41, 5.74) is 0. The van der Waals surface area contributed by atoms with Crippen molar-refractivity contribution in [2.24, 2.45) is 17.0 Å². The second-order valence-corrected chi connectivity index (χ2v) is 7.03. The molecule has 0 radical (unpaired) electrons. The Bertz CT molecular complexity index is 510. The maximum Gasteiger partial charge on any atom is 0.271 e. The molecule has 1 saturated carbocycles. The molecule has 0 spiro atoms. The molecule has 0 aromatic carbocycles. The van der Waals surface area contributed by atoms with Gasteiger partial charge in [0.15, 0.2) is 0 Å². The summed E-state index contributed by atoms with van der Waals surface area (Å²) in [6.45, 7) is 3.80. The Morgan fingerprint density at radius 1 is 1.42 bits per heavy atom. The first kappa shape index (κ1) is 14.6. The molecule has 1 heterocycles. The van der Waals surface area contributed by atoms with Gasteiger partial charge in [-0.15, -0.1) is 0 Å². The number of nitrogens with one attached hydrogen (secondary N) is 1. The van der Waals surface area contributed by atoms with Gasteiger partial charge in [0.05, 0.1) is 6.54 Å². The number of nitrogens with two attached hydrogens (primary N) is 1. The molecule has 108 valence electrons. The molecule has 1 aliphatic rings. The van der Waals surface area contributed by atoms with Crippen molar-refractivity contribution >= 4 is 10.0 Å². The van der Waals surface area contributed by atoms with Crippen molar-refractivity contribution in [2.45, 2.75) is 44.2 Å². The summed E-state index contributed by atoms with van der Waals surface area (Å²) in [4.78, 5) is 0. The van der Waals surface area contributed by atoms with E-state index in [0.29, 0.717) is 12.3 Å². The summed E-state index contributed by atoms with van der Waals surface area (Å²) in [5, 5.41) is 8.15. The van der Waals surface area contributed by atoms with Crippen LogP contribution in [0.2, 0.25) is 0 Å². The third kappa shape index (κ3) is 4.33. The molecule has 1 aromatic heterocycles. The minimum absolute atomic E-state index is 0.171. The Hall–Kier alpha value is -0.850. The average Bonchev–Trinajstić information content (AvgIpc) is 2.77. The quantitative estimate of drug-likeness (QED) is 0.865. The van der Waals surface area contributed by atoms with E-state index in [9.17, 15) is 8.42 Å². The molecule has 1 aromatic rings. The third-order valence-corrected chi connectivity index (χ3v) is 4.47. The minimum atomic E-state index is -3.73. The van der Waals surface area contributed by atoms with Crippen LogP contribution in [0.1, 0.15) is 38.4 Å². The lowest BCUT2D eigenvalue weighted by atomic mass is 9.82. The zero-order chi connectivity index (χ0) is 13.9. The smallest absolute Gasteiger partial charge is 0.271 e. The van der Waals surface area contributed by atoms with Crippen molar-refractivity contribution in [2.75, 3.05) is 6.54 Å². The molecule has 5 nitrogen and oxygen atoms in total. The van der Waals surface area contributed by atoms with Crippen molar-refractivity contribution < 1.29 is 12.8 Å². The number of hydrogen-bond donors (Lipinski definition) is 2. The van der Waals surface area contributed by atoms with E-state index >= 15 is 0 Å². The van der Waals surface area contributed by atoms with Gasteiger partial charge >= 0.3 is 0 Å². The van der Waals surface area contributed by atoms with E-state index in [4.69, 9.17) is 9.56 Å². The number of primary sulfonamides is 1. The molecule has 3 N–H and O–H groups in total. The predicted molar refractivity (Wildman–Crippen MR) is 72.9 cm³/mol. The maximum atomic E-state index is 11.1. The van der Waals surface area contributed by atoms with Gasteiger partial charge in [-0.2, -0.15) is 0 Å². The van der Waals surface area contributed by atoms with Crippen LogP contribution in [0.4, 0.5) is 0 Å². The zero-order valence-electron chi connectivity index (χ0n) is 11.3. The van der Waals surface area contributed by atoms with Crippen LogP contribution >= 0.6 is 0 Å². The second kappa shape index (κ2) is 6.07. The van der Waals surface area contributed by atoms with E-state index in [1.165, 1.54) is 31.7 Å². The monoisotopic (exact) mass is 286 g/mol. The summed E-state index contributed by atoms with van der Waals surface area (Å²) in [6.07, 6.45) is 5.20. The summed E-state index contributed by atoms with van der Waals surface area (Å²) in [5.74, 6) is 2.14. The van der Waals surface area contributed by atoms with E-state index < -0.39 is 10.0 Å². The lowest BCUT2D eigenvalue weighted by Gasteiger charge is -2.26. The van der Waals surface area contributed by atoms with Gasteiger partial charge in [0.25, 0.3) is 10.0 Å². The second-order valence-electron chi connectivity index (χ2n) is 5.53. The minimum Gasteiger partial charge on any atom is -0.447 e. The highest BCUT2D eigenvalue weighted by Gasteiger charge is 2.18. The van der Waals surface area contributed by atoms with E-state index in [-0.39, 0.29) is 5.09 Å². The summed E-state index contributed by atoms with van der Waals surface area (Å²) >= 11 is 0. The standard InChI is InChI=1S/C13H22N2O3S/c1-10-3-2-4-11(7-10)8-15-9-12-5-6-13(18-12)19(14,16)17/h5-6,10-11,15H,2-4,7-9H2,1H3,(H2,14,16,17). The molecule has 0 saturated heterocycles. The van der Waals surface area contributed by atoms with Crippen LogP contribution in [0.3, 0.4) is 0 Å². The van der Waals surface area contributed by atoms with Crippen LogP contribution in [0.15, 0.2) is 21.6 Å².